The minimum absolute atomic E-state index is 0.0886. The van der Waals surface area contributed by atoms with Crippen LogP contribution in [0.2, 0.25) is 0 Å². The van der Waals surface area contributed by atoms with Gasteiger partial charge in [-0.3, -0.25) is 0 Å². The van der Waals surface area contributed by atoms with Gasteiger partial charge < -0.3 is 14.9 Å². The van der Waals surface area contributed by atoms with Gasteiger partial charge in [0.1, 0.15) is 6.10 Å². The summed E-state index contributed by atoms with van der Waals surface area (Å²) in [5, 5.41) is 19.5. The van der Waals surface area contributed by atoms with Gasteiger partial charge in [0.2, 0.25) is 0 Å². The summed E-state index contributed by atoms with van der Waals surface area (Å²) in [6, 6.07) is 0. The predicted molar refractivity (Wildman–Crippen MR) is 69.1 cm³/mol. The number of carbonyl (C=O) groups excluding carboxylic acids is 1. The zero-order chi connectivity index (χ0) is 13.7. The van der Waals surface area contributed by atoms with Crippen molar-refractivity contribution >= 4 is 5.97 Å². The van der Waals surface area contributed by atoms with Crippen LogP contribution in [-0.4, -0.2) is 35.0 Å². The van der Waals surface area contributed by atoms with E-state index in [1.165, 1.54) is 0 Å². The van der Waals surface area contributed by atoms with Gasteiger partial charge in [-0.05, 0) is 36.7 Å². The van der Waals surface area contributed by atoms with Crippen LogP contribution in [0, 0.1) is 17.8 Å². The van der Waals surface area contributed by atoms with E-state index in [-0.39, 0.29) is 42.5 Å². The lowest BCUT2D eigenvalue weighted by atomic mass is 9.81. The fraction of sp³-hybridized carbons (Fsp3) is 0.667. The Hall–Kier alpha value is -1.13. The van der Waals surface area contributed by atoms with Crippen LogP contribution < -0.4 is 0 Å². The number of aliphatic hydroxyl groups is 2. The molecule has 4 nitrogen and oxygen atoms in total. The molecule has 0 aromatic heterocycles. The molecular weight excluding hydrogens is 244 g/mol. The van der Waals surface area contributed by atoms with Crippen molar-refractivity contribution in [1.82, 2.24) is 0 Å². The van der Waals surface area contributed by atoms with Gasteiger partial charge >= 0.3 is 5.97 Å². The van der Waals surface area contributed by atoms with Gasteiger partial charge in [0.05, 0.1) is 18.3 Å². The molecule has 0 unspecified atom stereocenters. The second kappa shape index (κ2) is 4.46. The molecule has 0 saturated heterocycles. The Morgan fingerprint density at radius 3 is 2.84 bits per heavy atom. The number of allylic oxidation sites excluding steroid dienone is 1. The highest BCUT2D eigenvalue weighted by atomic mass is 16.5. The van der Waals surface area contributed by atoms with E-state index in [0.717, 1.165) is 24.0 Å². The van der Waals surface area contributed by atoms with Crippen molar-refractivity contribution in [1.29, 1.82) is 0 Å². The lowest BCUT2D eigenvalue weighted by Crippen LogP contribution is -2.31. The van der Waals surface area contributed by atoms with Crippen LogP contribution in [0.5, 0.6) is 0 Å². The molecule has 2 N–H and O–H groups in total. The van der Waals surface area contributed by atoms with Crippen molar-refractivity contribution < 1.29 is 19.7 Å². The van der Waals surface area contributed by atoms with Crippen LogP contribution in [0.1, 0.15) is 26.2 Å². The van der Waals surface area contributed by atoms with E-state index in [1.54, 1.807) is 0 Å². The molecule has 104 valence electrons. The van der Waals surface area contributed by atoms with Crippen molar-refractivity contribution in [3.05, 3.63) is 23.3 Å². The molecule has 0 bridgehead atoms. The van der Waals surface area contributed by atoms with E-state index in [9.17, 15) is 15.0 Å². The number of fused-ring (bicyclic) bond motifs is 3. The first-order chi connectivity index (χ1) is 9.04. The Balaban J connectivity index is 2.03. The lowest BCUT2D eigenvalue weighted by molar-refractivity contribution is -0.143. The second-order valence-electron chi connectivity index (χ2n) is 5.99. The third-order valence-electron chi connectivity index (χ3n) is 5.13. The minimum Gasteiger partial charge on any atom is -0.454 e. The third kappa shape index (κ3) is 1.77. The average molecular weight is 264 g/mol. The lowest BCUT2D eigenvalue weighted by Gasteiger charge is -2.27. The first-order valence-corrected chi connectivity index (χ1v) is 6.94. The van der Waals surface area contributed by atoms with Crippen LogP contribution in [0.4, 0.5) is 0 Å². The van der Waals surface area contributed by atoms with Gasteiger partial charge in [-0.2, -0.15) is 0 Å². The Morgan fingerprint density at radius 2 is 2.16 bits per heavy atom. The number of hydrogen-bond donors (Lipinski definition) is 2. The number of hydrogen-bond acceptors (Lipinski definition) is 4. The first kappa shape index (κ1) is 12.9. The molecule has 0 radical (unpaired) electrons. The summed E-state index contributed by atoms with van der Waals surface area (Å²) in [5.74, 6) is 0.0272. The standard InChI is InChI=1S/C15H20O4/c1-7-3-4-9-11(6-16)15(18)19-14(9)13-8(2)12(17)5-10(7)13/h8,10,12-14,16-17H,1,3-6H2,2H3/t8-,10+,12-,13+,14+/m0/s1. The molecular formula is C15H20O4. The number of ether oxygens (including phenoxy) is 1. The summed E-state index contributed by atoms with van der Waals surface area (Å²) in [6.07, 6.45) is 1.63. The quantitative estimate of drug-likeness (QED) is 0.551. The van der Waals surface area contributed by atoms with Crippen LogP contribution >= 0.6 is 0 Å². The van der Waals surface area contributed by atoms with Gasteiger partial charge in [0.25, 0.3) is 0 Å². The highest BCUT2D eigenvalue weighted by molar-refractivity contribution is 5.92. The van der Waals surface area contributed by atoms with E-state index in [1.807, 2.05) is 6.92 Å². The summed E-state index contributed by atoms with van der Waals surface area (Å²) < 4.78 is 5.50. The fourth-order valence-corrected chi connectivity index (χ4v) is 3.99. The molecule has 4 heteroatoms. The number of carbonyl (C=O) groups is 1. The molecule has 0 aromatic carbocycles. The molecule has 0 spiro atoms. The van der Waals surface area contributed by atoms with E-state index in [0.29, 0.717) is 12.0 Å². The fourth-order valence-electron chi connectivity index (χ4n) is 3.99. The Kier molecular flexibility index (Phi) is 3.02. The topological polar surface area (TPSA) is 66.8 Å². The molecule has 1 aliphatic heterocycles. The summed E-state index contributed by atoms with van der Waals surface area (Å²) >= 11 is 0. The summed E-state index contributed by atoms with van der Waals surface area (Å²) in [4.78, 5) is 11.8. The highest BCUT2D eigenvalue weighted by Gasteiger charge is 2.51. The first-order valence-electron chi connectivity index (χ1n) is 6.94. The zero-order valence-corrected chi connectivity index (χ0v) is 11.1. The van der Waals surface area contributed by atoms with Crippen LogP contribution in [0.25, 0.3) is 0 Å². The molecule has 2 saturated carbocycles. The number of esters is 1. The van der Waals surface area contributed by atoms with E-state index in [4.69, 9.17) is 4.74 Å². The van der Waals surface area contributed by atoms with Gasteiger partial charge in [0, 0.05) is 5.92 Å². The van der Waals surface area contributed by atoms with Gasteiger partial charge in [-0.1, -0.05) is 19.1 Å². The molecule has 3 aliphatic rings. The van der Waals surface area contributed by atoms with Crippen molar-refractivity contribution in [2.24, 2.45) is 17.8 Å². The molecule has 0 aromatic rings. The van der Waals surface area contributed by atoms with Crippen molar-refractivity contribution in [2.45, 2.75) is 38.4 Å². The predicted octanol–water partition coefficient (Wildman–Crippen LogP) is 1.18. The Morgan fingerprint density at radius 1 is 1.42 bits per heavy atom. The maximum Gasteiger partial charge on any atom is 0.337 e. The van der Waals surface area contributed by atoms with E-state index in [2.05, 4.69) is 6.58 Å². The summed E-state index contributed by atoms with van der Waals surface area (Å²) in [5.41, 5.74) is 2.50. The largest absolute Gasteiger partial charge is 0.454 e. The van der Waals surface area contributed by atoms with E-state index < -0.39 is 0 Å². The number of rotatable bonds is 1. The Bertz CT molecular complexity index is 465. The number of aliphatic hydroxyl groups excluding tert-OH is 2. The van der Waals surface area contributed by atoms with E-state index >= 15 is 0 Å². The van der Waals surface area contributed by atoms with Gasteiger partial charge in [0.15, 0.2) is 0 Å². The maximum absolute atomic E-state index is 11.8. The van der Waals surface area contributed by atoms with Crippen LogP contribution in [-0.2, 0) is 9.53 Å². The van der Waals surface area contributed by atoms with Gasteiger partial charge in [-0.15, -0.1) is 0 Å². The zero-order valence-electron chi connectivity index (χ0n) is 11.1. The molecule has 2 aliphatic carbocycles. The monoisotopic (exact) mass is 264 g/mol. The normalized spacial score (nSPS) is 41.9. The van der Waals surface area contributed by atoms with Gasteiger partial charge in [-0.25, -0.2) is 4.79 Å². The van der Waals surface area contributed by atoms with Crippen LogP contribution in [0.15, 0.2) is 23.3 Å². The third-order valence-corrected chi connectivity index (χ3v) is 5.13. The Labute approximate surface area is 112 Å². The van der Waals surface area contributed by atoms with Crippen molar-refractivity contribution in [2.75, 3.05) is 6.61 Å². The summed E-state index contributed by atoms with van der Waals surface area (Å²) in [7, 11) is 0. The second-order valence-corrected chi connectivity index (χ2v) is 5.99. The molecule has 3 rings (SSSR count). The maximum atomic E-state index is 11.8. The molecule has 0 amide bonds. The summed E-state index contributed by atoms with van der Waals surface area (Å²) in [6.45, 7) is 5.90. The van der Waals surface area contributed by atoms with Crippen molar-refractivity contribution in [3.8, 4) is 0 Å². The molecule has 2 fully saturated rings. The highest BCUT2D eigenvalue weighted by Crippen LogP contribution is 2.51. The molecule has 19 heavy (non-hydrogen) atoms. The minimum atomic E-state index is -0.387. The SMILES string of the molecule is C=C1CCC2=C(CO)C(=O)O[C@H]2[C@@H]2[C@@H](C)[C@@H](O)C[C@H]12. The molecule has 5 atom stereocenters. The smallest absolute Gasteiger partial charge is 0.337 e. The van der Waals surface area contributed by atoms with Crippen molar-refractivity contribution in [3.63, 3.8) is 0 Å². The average Bonchev–Trinajstić information content (AvgIpc) is 2.80. The molecule has 1 heterocycles. The van der Waals surface area contributed by atoms with Crippen LogP contribution in [0.3, 0.4) is 0 Å².